The molecule has 0 unspecified atom stereocenters. The lowest BCUT2D eigenvalue weighted by Gasteiger charge is -2.43. The minimum absolute atomic E-state index is 0.206. The van der Waals surface area contributed by atoms with E-state index in [1.54, 1.807) is 0 Å². The molecular formula is C64H52N2S2. The summed E-state index contributed by atoms with van der Waals surface area (Å²) in [5, 5.41) is 13.4. The first-order valence-corrected chi connectivity index (χ1v) is 26.0. The molecule has 0 bridgehead atoms. The summed E-state index contributed by atoms with van der Waals surface area (Å²) in [5.41, 5.74) is 15.4. The summed E-state index contributed by atoms with van der Waals surface area (Å²) in [6.45, 7) is 19.2. The third-order valence-corrected chi connectivity index (χ3v) is 18.3. The maximum atomic E-state index is 2.64. The molecule has 0 amide bonds. The molecule has 4 heteroatoms. The monoisotopic (exact) mass is 912 g/mol. The lowest BCUT2D eigenvalue weighted by Crippen LogP contribution is -2.31. The first kappa shape index (κ1) is 40.4. The van der Waals surface area contributed by atoms with Crippen LogP contribution in [-0.2, 0) is 10.8 Å². The Balaban J connectivity index is 1.10. The predicted octanol–water partition coefficient (Wildman–Crippen LogP) is 19.8. The Morgan fingerprint density at radius 2 is 0.735 bits per heavy atom. The maximum absolute atomic E-state index is 2.64. The van der Waals surface area contributed by atoms with Crippen molar-refractivity contribution in [1.29, 1.82) is 0 Å². The van der Waals surface area contributed by atoms with Crippen molar-refractivity contribution in [1.82, 2.24) is 0 Å². The summed E-state index contributed by atoms with van der Waals surface area (Å²) >= 11 is 3.82. The van der Waals surface area contributed by atoms with Crippen LogP contribution in [0, 0.1) is 0 Å². The van der Waals surface area contributed by atoms with Gasteiger partial charge in [-0.15, -0.1) is 22.7 Å². The summed E-state index contributed by atoms with van der Waals surface area (Å²) in [6.07, 6.45) is 0. The highest BCUT2D eigenvalue weighted by atomic mass is 32.1. The first-order chi connectivity index (χ1) is 32.9. The summed E-state index contributed by atoms with van der Waals surface area (Å²) in [4.78, 5) is 5.27. The van der Waals surface area contributed by atoms with Gasteiger partial charge in [0.15, 0.2) is 0 Å². The third-order valence-electron chi connectivity index (χ3n) is 16.1. The van der Waals surface area contributed by atoms with Gasteiger partial charge in [-0.25, -0.2) is 0 Å². The van der Waals surface area contributed by atoms with E-state index in [-0.39, 0.29) is 10.8 Å². The number of benzene rings is 10. The fraction of sp³-hybridized carbons (Fsp3) is 0.188. The Bertz CT molecular complexity index is 3850. The quantitative estimate of drug-likeness (QED) is 0.162. The average Bonchev–Trinajstić information content (AvgIpc) is 3.90. The van der Waals surface area contributed by atoms with Crippen LogP contribution in [0.25, 0.3) is 72.7 Å². The second-order valence-electron chi connectivity index (χ2n) is 21.2. The summed E-state index contributed by atoms with van der Waals surface area (Å²) in [6, 6.07) is 61.1. The summed E-state index contributed by atoms with van der Waals surface area (Å²) in [5.74, 6) is 0.583. The zero-order valence-corrected chi connectivity index (χ0v) is 41.5. The molecule has 0 radical (unpaired) electrons. The minimum atomic E-state index is -0.206. The van der Waals surface area contributed by atoms with Crippen molar-refractivity contribution in [3.63, 3.8) is 0 Å². The fourth-order valence-electron chi connectivity index (χ4n) is 12.7. The van der Waals surface area contributed by atoms with Crippen molar-refractivity contribution in [2.24, 2.45) is 0 Å². The van der Waals surface area contributed by atoms with Gasteiger partial charge < -0.3 is 9.80 Å². The van der Waals surface area contributed by atoms with E-state index in [1.807, 2.05) is 22.7 Å². The van der Waals surface area contributed by atoms with Gasteiger partial charge in [-0.3, -0.25) is 0 Å². The van der Waals surface area contributed by atoms with Crippen LogP contribution < -0.4 is 9.80 Å². The van der Waals surface area contributed by atoms with E-state index in [4.69, 9.17) is 0 Å². The Kier molecular flexibility index (Phi) is 8.27. The molecule has 0 aliphatic carbocycles. The van der Waals surface area contributed by atoms with E-state index in [1.165, 1.54) is 140 Å². The fourth-order valence-corrected chi connectivity index (χ4v) is 14.9. The van der Waals surface area contributed by atoms with Crippen molar-refractivity contribution in [3.05, 3.63) is 191 Å². The topological polar surface area (TPSA) is 6.48 Å². The van der Waals surface area contributed by atoms with E-state index in [0.717, 1.165) is 0 Å². The van der Waals surface area contributed by atoms with Crippen molar-refractivity contribution in [2.45, 2.75) is 78.1 Å². The van der Waals surface area contributed by atoms with Crippen LogP contribution in [0.15, 0.2) is 158 Å². The molecule has 68 heavy (non-hydrogen) atoms. The number of hydrogen-bond acceptors (Lipinski definition) is 4. The molecule has 2 nitrogen and oxygen atoms in total. The number of nitrogens with zero attached hydrogens (tertiary/aromatic N) is 2. The number of para-hydroxylation sites is 2. The number of rotatable bonds is 4. The molecule has 14 rings (SSSR count). The molecule has 2 aliphatic heterocycles. The van der Waals surface area contributed by atoms with Gasteiger partial charge in [-0.2, -0.15) is 0 Å². The molecule has 330 valence electrons. The van der Waals surface area contributed by atoms with E-state index in [2.05, 4.69) is 223 Å². The zero-order valence-electron chi connectivity index (χ0n) is 39.9. The van der Waals surface area contributed by atoms with Gasteiger partial charge in [0.2, 0.25) is 0 Å². The van der Waals surface area contributed by atoms with Crippen LogP contribution >= 0.6 is 22.7 Å². The van der Waals surface area contributed by atoms with Gasteiger partial charge in [0.05, 0.1) is 34.1 Å². The molecule has 10 aromatic carbocycles. The van der Waals surface area contributed by atoms with Gasteiger partial charge in [0.25, 0.3) is 0 Å². The van der Waals surface area contributed by atoms with Crippen LogP contribution in [0.2, 0.25) is 0 Å². The smallest absolute Gasteiger partial charge is 0.0543 e. The summed E-state index contributed by atoms with van der Waals surface area (Å²) in [7, 11) is 0. The highest BCUT2D eigenvalue weighted by molar-refractivity contribution is 7.26. The van der Waals surface area contributed by atoms with Gasteiger partial charge >= 0.3 is 0 Å². The van der Waals surface area contributed by atoms with Crippen molar-refractivity contribution in [2.75, 3.05) is 9.80 Å². The lowest BCUT2D eigenvalue weighted by atomic mass is 9.72. The third kappa shape index (κ3) is 5.28. The molecule has 0 saturated carbocycles. The van der Waals surface area contributed by atoms with Crippen LogP contribution in [-0.4, -0.2) is 0 Å². The van der Waals surface area contributed by atoms with Crippen LogP contribution in [0.4, 0.5) is 34.1 Å². The highest BCUT2D eigenvalue weighted by Crippen LogP contribution is 2.59. The molecule has 12 aromatic rings. The Morgan fingerprint density at radius 3 is 1.16 bits per heavy atom. The zero-order chi connectivity index (χ0) is 46.1. The van der Waals surface area contributed by atoms with Crippen LogP contribution in [0.1, 0.15) is 101 Å². The average molecular weight is 913 g/mol. The van der Waals surface area contributed by atoms with Crippen LogP contribution in [0.5, 0.6) is 0 Å². The van der Waals surface area contributed by atoms with Crippen LogP contribution in [0.3, 0.4) is 0 Å². The Labute approximate surface area is 406 Å². The van der Waals surface area contributed by atoms with E-state index in [0.29, 0.717) is 11.8 Å². The van der Waals surface area contributed by atoms with Gasteiger partial charge in [0, 0.05) is 61.9 Å². The molecule has 0 saturated heterocycles. The van der Waals surface area contributed by atoms with E-state index >= 15 is 0 Å². The second kappa shape index (κ2) is 13.9. The second-order valence-corrected chi connectivity index (χ2v) is 23.4. The molecule has 2 aromatic heterocycles. The van der Waals surface area contributed by atoms with Gasteiger partial charge in [0.1, 0.15) is 0 Å². The molecule has 0 fully saturated rings. The number of anilines is 6. The molecule has 0 N–H and O–H groups in total. The first-order valence-electron chi connectivity index (χ1n) is 24.4. The predicted molar refractivity (Wildman–Crippen MR) is 298 cm³/mol. The molecule has 0 spiro atoms. The largest absolute Gasteiger partial charge is 0.309 e. The van der Waals surface area contributed by atoms with Crippen molar-refractivity contribution >= 4 is 129 Å². The maximum Gasteiger partial charge on any atom is 0.0543 e. The number of thiophene rings is 2. The Morgan fingerprint density at radius 1 is 0.338 bits per heavy atom. The molecule has 4 heterocycles. The Hall–Kier alpha value is -6.72. The normalized spacial score (nSPS) is 15.2. The van der Waals surface area contributed by atoms with E-state index < -0.39 is 0 Å². The van der Waals surface area contributed by atoms with Gasteiger partial charge in [-0.1, -0.05) is 152 Å². The number of hydrogen-bond donors (Lipinski definition) is 0. The standard InChI is InChI=1S/C64H52N2S2/c1-35(2)41-29-37-25-28-52(66-50-22-14-12-20-46(50)64(7,8)48-32-44-40-18-10-16-24-56(40)68-58(44)34-54(48)66)62-42(36(3)4)30-38-26-27-51(61(41)59(38)60(37)62)65-49-21-13-11-19-45(49)63(5,6)47-31-43-39-17-9-15-23-55(39)67-57(43)33-53(47)65/h9-36H,1-8H3. The number of fused-ring (bicyclic) bond motifs is 10. The highest BCUT2D eigenvalue weighted by Gasteiger charge is 2.41. The SMILES string of the molecule is CC(C)c1cc2ccc(N3c4ccccc4C(C)(C)c4cc5c(cc43)sc3ccccc35)c3c(C(C)C)cc4ccc(N5c6ccccc6C(C)(C)c6cc7c(cc65)sc5ccccc57)c1c4c23. The van der Waals surface area contributed by atoms with Crippen molar-refractivity contribution in [3.8, 4) is 0 Å². The van der Waals surface area contributed by atoms with Crippen molar-refractivity contribution < 1.29 is 0 Å². The van der Waals surface area contributed by atoms with Gasteiger partial charge in [-0.05, 0) is 127 Å². The lowest BCUT2D eigenvalue weighted by molar-refractivity contribution is 0.633. The molecule has 2 aliphatic rings. The minimum Gasteiger partial charge on any atom is -0.309 e. The molecular weight excluding hydrogens is 861 g/mol. The molecule has 0 atom stereocenters. The van der Waals surface area contributed by atoms with E-state index in [9.17, 15) is 0 Å². The summed E-state index contributed by atoms with van der Waals surface area (Å²) < 4.78 is 5.33.